The van der Waals surface area contributed by atoms with E-state index in [1.54, 1.807) is 50.2 Å². The average molecular weight is 395 g/mol. The van der Waals surface area contributed by atoms with Gasteiger partial charge in [-0.05, 0) is 54.8 Å². The van der Waals surface area contributed by atoms with Gasteiger partial charge in [0.1, 0.15) is 6.10 Å². The van der Waals surface area contributed by atoms with Gasteiger partial charge < -0.3 is 16.2 Å². The van der Waals surface area contributed by atoms with E-state index in [0.29, 0.717) is 16.7 Å². The zero-order valence-electron chi connectivity index (χ0n) is 16.1. The molecule has 4 N–H and O–H groups in total. The van der Waals surface area contributed by atoms with Gasteiger partial charge in [0.2, 0.25) is 5.91 Å². The van der Waals surface area contributed by atoms with Crippen molar-refractivity contribution in [3.63, 3.8) is 0 Å². The van der Waals surface area contributed by atoms with Gasteiger partial charge in [-0.3, -0.25) is 19.3 Å². The molecule has 0 fully saturated rings. The predicted molar refractivity (Wildman–Crippen MR) is 104 cm³/mol. The van der Waals surface area contributed by atoms with Gasteiger partial charge >= 0.3 is 6.09 Å². The quantitative estimate of drug-likeness (QED) is 0.718. The van der Waals surface area contributed by atoms with Crippen LogP contribution in [0.25, 0.3) is 0 Å². The monoisotopic (exact) mass is 395 g/mol. The molecular weight excluding hydrogens is 374 g/mol. The van der Waals surface area contributed by atoms with Gasteiger partial charge in [0, 0.05) is 12.0 Å². The fourth-order valence-corrected chi connectivity index (χ4v) is 3.60. The normalized spacial score (nSPS) is 13.9. The van der Waals surface area contributed by atoms with Crippen molar-refractivity contribution in [3.8, 4) is 0 Å². The van der Waals surface area contributed by atoms with Crippen LogP contribution in [0, 0.1) is 13.8 Å². The summed E-state index contributed by atoms with van der Waals surface area (Å²) in [6, 6.07) is 9.81. The van der Waals surface area contributed by atoms with Crippen LogP contribution >= 0.6 is 0 Å². The number of carbonyl (C=O) groups is 4. The number of hydrogen-bond acceptors (Lipinski definition) is 5. The highest BCUT2D eigenvalue weighted by Gasteiger charge is 2.37. The summed E-state index contributed by atoms with van der Waals surface area (Å²) >= 11 is 0. The molecule has 8 nitrogen and oxygen atoms in total. The van der Waals surface area contributed by atoms with Gasteiger partial charge in [-0.25, -0.2) is 4.79 Å². The largest absolute Gasteiger partial charge is 0.444 e. The maximum absolute atomic E-state index is 12.6. The molecule has 150 valence electrons. The van der Waals surface area contributed by atoms with E-state index in [9.17, 15) is 19.2 Å². The third-order valence-electron chi connectivity index (χ3n) is 4.96. The molecule has 1 heterocycles. The number of nitrogens with two attached hydrogens (primary N) is 2. The summed E-state index contributed by atoms with van der Waals surface area (Å²) in [5, 5.41) is 0. The third kappa shape index (κ3) is 3.96. The lowest BCUT2D eigenvalue weighted by Gasteiger charge is -2.24. The summed E-state index contributed by atoms with van der Waals surface area (Å²) in [5.74, 6) is -1.43. The molecule has 3 rings (SSSR count). The number of nitrogens with zero attached hydrogens (tertiary/aromatic N) is 1. The summed E-state index contributed by atoms with van der Waals surface area (Å²) in [7, 11) is 0. The molecule has 0 unspecified atom stereocenters. The molecule has 1 aliphatic heterocycles. The van der Waals surface area contributed by atoms with Crippen molar-refractivity contribution in [1.82, 2.24) is 4.90 Å². The number of hydrogen-bond donors (Lipinski definition) is 2. The van der Waals surface area contributed by atoms with E-state index in [1.807, 2.05) is 0 Å². The van der Waals surface area contributed by atoms with Crippen molar-refractivity contribution in [2.24, 2.45) is 11.5 Å². The van der Waals surface area contributed by atoms with Crippen LogP contribution in [0.2, 0.25) is 0 Å². The molecule has 0 saturated heterocycles. The number of primary amides is 2. The number of rotatable bonds is 6. The Morgan fingerprint density at radius 1 is 1.00 bits per heavy atom. The summed E-state index contributed by atoms with van der Waals surface area (Å²) in [6.45, 7) is 3.47. The molecular formula is C21H21N3O5. The fraction of sp³-hybridized carbons (Fsp3) is 0.238. The fourth-order valence-electron chi connectivity index (χ4n) is 3.60. The van der Waals surface area contributed by atoms with Crippen LogP contribution in [0.5, 0.6) is 0 Å². The van der Waals surface area contributed by atoms with E-state index in [4.69, 9.17) is 16.2 Å². The Morgan fingerprint density at radius 3 is 1.97 bits per heavy atom. The lowest BCUT2D eigenvalue weighted by molar-refractivity contribution is 0.0489. The Morgan fingerprint density at radius 2 is 1.52 bits per heavy atom. The third-order valence-corrected chi connectivity index (χ3v) is 4.96. The summed E-state index contributed by atoms with van der Waals surface area (Å²) < 4.78 is 5.20. The summed E-state index contributed by atoms with van der Waals surface area (Å²) in [5.41, 5.74) is 13.9. The van der Waals surface area contributed by atoms with E-state index in [1.165, 1.54) is 0 Å². The van der Waals surface area contributed by atoms with Gasteiger partial charge in [-0.1, -0.05) is 12.1 Å². The Labute approximate surface area is 167 Å². The number of ether oxygens (including phenoxy) is 1. The molecule has 29 heavy (non-hydrogen) atoms. The van der Waals surface area contributed by atoms with Crippen LogP contribution in [0.1, 0.15) is 47.8 Å². The molecule has 0 aliphatic carbocycles. The number of aryl methyl sites for hydroxylation is 2. The maximum Gasteiger partial charge on any atom is 0.404 e. The zero-order chi connectivity index (χ0) is 21.3. The first-order valence-corrected chi connectivity index (χ1v) is 9.00. The van der Waals surface area contributed by atoms with E-state index >= 15 is 0 Å². The van der Waals surface area contributed by atoms with Crippen LogP contribution in [-0.2, 0) is 11.2 Å². The molecule has 0 bridgehead atoms. The van der Waals surface area contributed by atoms with E-state index in [2.05, 4.69) is 0 Å². The van der Waals surface area contributed by atoms with Crippen LogP contribution < -0.4 is 11.5 Å². The minimum atomic E-state index is -1.00. The van der Waals surface area contributed by atoms with Gasteiger partial charge in [-0.15, -0.1) is 0 Å². The van der Waals surface area contributed by atoms with Crippen molar-refractivity contribution < 1.29 is 23.9 Å². The Balaban J connectivity index is 1.87. The topological polar surface area (TPSA) is 133 Å². The van der Waals surface area contributed by atoms with Crippen LogP contribution in [0.15, 0.2) is 36.4 Å². The minimum Gasteiger partial charge on any atom is -0.444 e. The SMILES string of the molecule is Cc1cc(C(N)=O)cc(C)c1C[C@@H](CN1C(=O)c2ccccc2C1=O)OC(N)=O. The minimum absolute atomic E-state index is 0.133. The summed E-state index contributed by atoms with van der Waals surface area (Å²) in [4.78, 5) is 49.2. The predicted octanol–water partition coefficient (Wildman–Crippen LogP) is 1.70. The van der Waals surface area contributed by atoms with Gasteiger partial charge in [-0.2, -0.15) is 0 Å². The number of fused-ring (bicyclic) bond motifs is 1. The highest BCUT2D eigenvalue weighted by molar-refractivity contribution is 6.21. The van der Waals surface area contributed by atoms with Gasteiger partial charge in [0.25, 0.3) is 11.8 Å². The van der Waals surface area contributed by atoms with Gasteiger partial charge in [0.05, 0.1) is 17.7 Å². The van der Waals surface area contributed by atoms with Crippen LogP contribution in [-0.4, -0.2) is 41.4 Å². The van der Waals surface area contributed by atoms with Crippen molar-refractivity contribution >= 4 is 23.8 Å². The molecule has 0 radical (unpaired) electrons. The molecule has 2 aromatic carbocycles. The standard InChI is InChI=1S/C21H21N3O5/c1-11-7-13(18(22)25)8-12(2)17(11)9-14(29-21(23)28)10-24-19(26)15-5-3-4-6-16(15)20(24)27/h3-8,14H,9-10H2,1-2H3,(H2,22,25)(H2,23,28)/t14-/m0/s1. The highest BCUT2D eigenvalue weighted by atomic mass is 16.6. The first kappa shape index (κ1) is 20.1. The lowest BCUT2D eigenvalue weighted by atomic mass is 9.94. The maximum atomic E-state index is 12.6. The average Bonchev–Trinajstić information content (AvgIpc) is 2.89. The molecule has 0 saturated carbocycles. The Hall–Kier alpha value is -3.68. The first-order valence-electron chi connectivity index (χ1n) is 9.00. The van der Waals surface area contributed by atoms with Crippen LogP contribution in [0.4, 0.5) is 4.79 Å². The van der Waals surface area contributed by atoms with Crippen LogP contribution in [0.3, 0.4) is 0 Å². The molecule has 1 aliphatic rings. The number of amides is 4. The Kier molecular flexibility index (Phi) is 5.36. The Bertz CT molecular complexity index is 973. The van der Waals surface area contributed by atoms with Crippen molar-refractivity contribution in [1.29, 1.82) is 0 Å². The summed E-state index contributed by atoms with van der Waals surface area (Å²) in [6.07, 6.45) is -1.63. The lowest BCUT2D eigenvalue weighted by Crippen LogP contribution is -2.40. The van der Waals surface area contributed by atoms with E-state index in [0.717, 1.165) is 21.6 Å². The van der Waals surface area contributed by atoms with Crippen molar-refractivity contribution in [2.75, 3.05) is 6.54 Å². The second kappa shape index (κ2) is 7.75. The molecule has 1 atom stereocenters. The van der Waals surface area contributed by atoms with E-state index in [-0.39, 0.29) is 13.0 Å². The molecule has 0 spiro atoms. The molecule has 8 heteroatoms. The number of carbonyl (C=O) groups excluding carboxylic acids is 4. The zero-order valence-corrected chi connectivity index (χ0v) is 16.1. The number of imide groups is 1. The first-order chi connectivity index (χ1) is 13.7. The van der Waals surface area contributed by atoms with Crippen molar-refractivity contribution in [3.05, 3.63) is 69.8 Å². The molecule has 2 aromatic rings. The van der Waals surface area contributed by atoms with Gasteiger partial charge in [0.15, 0.2) is 0 Å². The molecule has 0 aromatic heterocycles. The highest BCUT2D eigenvalue weighted by Crippen LogP contribution is 2.25. The number of benzene rings is 2. The van der Waals surface area contributed by atoms with E-state index < -0.39 is 29.9 Å². The molecule has 4 amide bonds. The van der Waals surface area contributed by atoms with Crippen molar-refractivity contribution in [2.45, 2.75) is 26.4 Å². The second-order valence-corrected chi connectivity index (χ2v) is 6.98. The second-order valence-electron chi connectivity index (χ2n) is 6.98. The smallest absolute Gasteiger partial charge is 0.404 e.